The molecular formula is C39H24N2. The third kappa shape index (κ3) is 3.22. The lowest BCUT2D eigenvalue weighted by Crippen LogP contribution is -1.96. The first-order chi connectivity index (χ1) is 20.3. The van der Waals surface area contributed by atoms with Crippen molar-refractivity contribution in [3.63, 3.8) is 0 Å². The second-order valence-electron chi connectivity index (χ2n) is 10.8. The summed E-state index contributed by atoms with van der Waals surface area (Å²) in [5.74, 6) is 0.935. The van der Waals surface area contributed by atoms with Crippen molar-refractivity contribution in [1.29, 1.82) is 0 Å². The molecule has 0 amide bonds. The third-order valence-corrected chi connectivity index (χ3v) is 8.63. The van der Waals surface area contributed by atoms with Crippen LogP contribution in [-0.2, 0) is 0 Å². The zero-order chi connectivity index (χ0) is 26.9. The van der Waals surface area contributed by atoms with E-state index in [0.717, 1.165) is 5.82 Å². The molecule has 0 N–H and O–H groups in total. The maximum Gasteiger partial charge on any atom is 0.137 e. The van der Waals surface area contributed by atoms with Crippen molar-refractivity contribution in [3.05, 3.63) is 146 Å². The Morgan fingerprint density at radius 3 is 1.85 bits per heavy atom. The highest BCUT2D eigenvalue weighted by molar-refractivity contribution is 6.18. The van der Waals surface area contributed by atoms with E-state index in [2.05, 4.69) is 137 Å². The molecule has 2 aromatic heterocycles. The molecule has 9 rings (SSSR count). The van der Waals surface area contributed by atoms with E-state index in [1.807, 2.05) is 18.3 Å². The number of aromatic nitrogens is 2. The summed E-state index contributed by atoms with van der Waals surface area (Å²) in [6.45, 7) is 0. The van der Waals surface area contributed by atoms with E-state index in [-0.39, 0.29) is 0 Å². The fourth-order valence-corrected chi connectivity index (χ4v) is 6.79. The first-order valence-electron chi connectivity index (χ1n) is 14.1. The minimum Gasteiger partial charge on any atom is -0.294 e. The molecule has 0 aliphatic heterocycles. The van der Waals surface area contributed by atoms with Gasteiger partial charge in [-0.05, 0) is 85.6 Å². The number of rotatable bonds is 3. The zero-order valence-corrected chi connectivity index (χ0v) is 22.3. The van der Waals surface area contributed by atoms with Crippen LogP contribution in [0.1, 0.15) is 0 Å². The Morgan fingerprint density at radius 2 is 1.02 bits per heavy atom. The van der Waals surface area contributed by atoms with E-state index in [9.17, 15) is 0 Å². The topological polar surface area (TPSA) is 17.8 Å². The Balaban J connectivity index is 1.15. The first-order valence-corrected chi connectivity index (χ1v) is 14.1. The Kier molecular flexibility index (Phi) is 4.64. The number of hydrogen-bond donors (Lipinski definition) is 0. The van der Waals surface area contributed by atoms with Crippen molar-refractivity contribution < 1.29 is 0 Å². The SMILES string of the molecule is c1ccc(-n2c3ccccc3c3cc(-c4ccc(-c5ccc6c7c(cccc57)-c5ccccc5-6)cc4)ccc32)nc1. The minimum absolute atomic E-state index is 0.935. The van der Waals surface area contributed by atoms with Gasteiger partial charge in [0, 0.05) is 17.0 Å². The summed E-state index contributed by atoms with van der Waals surface area (Å²) in [6, 6.07) is 50.5. The van der Waals surface area contributed by atoms with Crippen molar-refractivity contribution in [3.8, 4) is 50.3 Å². The van der Waals surface area contributed by atoms with E-state index in [0.29, 0.717) is 0 Å². The summed E-state index contributed by atoms with van der Waals surface area (Å²) in [4.78, 5) is 4.65. The van der Waals surface area contributed by atoms with Crippen LogP contribution in [-0.4, -0.2) is 9.55 Å². The van der Waals surface area contributed by atoms with Gasteiger partial charge in [-0.25, -0.2) is 4.98 Å². The van der Waals surface area contributed by atoms with Gasteiger partial charge in [-0.3, -0.25) is 4.57 Å². The van der Waals surface area contributed by atoms with Gasteiger partial charge in [0.25, 0.3) is 0 Å². The van der Waals surface area contributed by atoms with Crippen LogP contribution in [0.4, 0.5) is 0 Å². The summed E-state index contributed by atoms with van der Waals surface area (Å²) in [5, 5.41) is 5.15. The van der Waals surface area contributed by atoms with E-state index < -0.39 is 0 Å². The summed E-state index contributed by atoms with van der Waals surface area (Å²) in [7, 11) is 0. The van der Waals surface area contributed by atoms with E-state index in [1.54, 1.807) is 0 Å². The highest BCUT2D eigenvalue weighted by Gasteiger charge is 2.22. The van der Waals surface area contributed by atoms with Crippen molar-refractivity contribution in [2.75, 3.05) is 0 Å². The number of pyridine rings is 1. The van der Waals surface area contributed by atoms with Gasteiger partial charge in [0.2, 0.25) is 0 Å². The monoisotopic (exact) mass is 520 g/mol. The predicted octanol–water partition coefficient (Wildman–Crippen LogP) is 10.3. The van der Waals surface area contributed by atoms with E-state index in [1.165, 1.54) is 77.1 Å². The van der Waals surface area contributed by atoms with Crippen LogP contribution in [0.3, 0.4) is 0 Å². The van der Waals surface area contributed by atoms with Crippen LogP contribution in [0.15, 0.2) is 146 Å². The maximum absolute atomic E-state index is 4.65. The molecular weight excluding hydrogens is 496 g/mol. The van der Waals surface area contributed by atoms with Crippen LogP contribution < -0.4 is 0 Å². The average Bonchev–Trinajstić information content (AvgIpc) is 3.56. The Bertz CT molecular complexity index is 2260. The fraction of sp³-hybridized carbons (Fsp3) is 0. The molecule has 8 aromatic rings. The standard InChI is InChI=1S/C39H24N2/c1-2-9-30-29(8-1)33-12-7-11-32-28(20-21-34(30)39(32)33)26-17-15-25(16-18-26)27-19-22-37-35(24-27)31-10-3-4-13-36(31)41(37)38-14-5-6-23-40-38/h1-24H. The van der Waals surface area contributed by atoms with Crippen LogP contribution in [0, 0.1) is 0 Å². The second-order valence-corrected chi connectivity index (χ2v) is 10.8. The number of hydrogen-bond acceptors (Lipinski definition) is 1. The van der Waals surface area contributed by atoms with Gasteiger partial charge in [0.1, 0.15) is 5.82 Å². The summed E-state index contributed by atoms with van der Waals surface area (Å²) >= 11 is 0. The molecule has 0 atom stereocenters. The van der Waals surface area contributed by atoms with Crippen LogP contribution in [0.5, 0.6) is 0 Å². The lowest BCUT2D eigenvalue weighted by molar-refractivity contribution is 1.08. The third-order valence-electron chi connectivity index (χ3n) is 8.63. The summed E-state index contributed by atoms with van der Waals surface area (Å²) in [5.41, 5.74) is 12.6. The Morgan fingerprint density at radius 1 is 0.390 bits per heavy atom. The zero-order valence-electron chi connectivity index (χ0n) is 22.3. The molecule has 2 heterocycles. The van der Waals surface area contributed by atoms with Gasteiger partial charge >= 0.3 is 0 Å². The Hall–Kier alpha value is -5.47. The number of benzene rings is 6. The fourth-order valence-electron chi connectivity index (χ4n) is 6.79. The van der Waals surface area contributed by atoms with Gasteiger partial charge in [-0.2, -0.15) is 0 Å². The molecule has 0 unspecified atom stereocenters. The molecule has 1 aliphatic rings. The molecule has 2 nitrogen and oxygen atoms in total. The molecule has 41 heavy (non-hydrogen) atoms. The van der Waals surface area contributed by atoms with Crippen LogP contribution in [0.25, 0.3) is 82.9 Å². The Labute approximate surface area is 237 Å². The van der Waals surface area contributed by atoms with E-state index in [4.69, 9.17) is 0 Å². The lowest BCUT2D eigenvalue weighted by Gasteiger charge is -2.11. The van der Waals surface area contributed by atoms with Crippen molar-refractivity contribution in [2.45, 2.75) is 0 Å². The highest BCUT2D eigenvalue weighted by Crippen LogP contribution is 2.49. The minimum atomic E-state index is 0.935. The smallest absolute Gasteiger partial charge is 0.137 e. The maximum atomic E-state index is 4.65. The van der Waals surface area contributed by atoms with E-state index >= 15 is 0 Å². The molecule has 0 fully saturated rings. The second kappa shape index (κ2) is 8.51. The predicted molar refractivity (Wildman–Crippen MR) is 171 cm³/mol. The van der Waals surface area contributed by atoms with Crippen LogP contribution in [0.2, 0.25) is 0 Å². The molecule has 190 valence electrons. The van der Waals surface area contributed by atoms with Gasteiger partial charge in [0.05, 0.1) is 11.0 Å². The van der Waals surface area contributed by atoms with Gasteiger partial charge in [0.15, 0.2) is 0 Å². The largest absolute Gasteiger partial charge is 0.294 e. The molecule has 0 saturated heterocycles. The first kappa shape index (κ1) is 22.4. The molecule has 2 heteroatoms. The highest BCUT2D eigenvalue weighted by atomic mass is 15.1. The van der Waals surface area contributed by atoms with Gasteiger partial charge in [-0.1, -0.05) is 109 Å². The molecule has 6 aromatic carbocycles. The van der Waals surface area contributed by atoms with Gasteiger partial charge < -0.3 is 0 Å². The summed E-state index contributed by atoms with van der Waals surface area (Å²) < 4.78 is 2.26. The lowest BCUT2D eigenvalue weighted by atomic mass is 9.93. The van der Waals surface area contributed by atoms with Crippen molar-refractivity contribution in [1.82, 2.24) is 9.55 Å². The molecule has 0 bridgehead atoms. The molecule has 1 aliphatic carbocycles. The molecule has 0 saturated carbocycles. The average molecular weight is 521 g/mol. The van der Waals surface area contributed by atoms with Crippen molar-refractivity contribution >= 4 is 32.6 Å². The quantitative estimate of drug-likeness (QED) is 0.227. The molecule has 0 radical (unpaired) electrons. The number of fused-ring (bicyclic) bond motifs is 6. The van der Waals surface area contributed by atoms with Gasteiger partial charge in [-0.15, -0.1) is 0 Å². The number of para-hydroxylation sites is 1. The van der Waals surface area contributed by atoms with Crippen LogP contribution >= 0.6 is 0 Å². The summed E-state index contributed by atoms with van der Waals surface area (Å²) in [6.07, 6.45) is 1.85. The number of nitrogens with zero attached hydrogens (tertiary/aromatic N) is 2. The molecule has 0 spiro atoms. The van der Waals surface area contributed by atoms with Crippen molar-refractivity contribution in [2.24, 2.45) is 0 Å². The normalized spacial score (nSPS) is 11.9.